The molecule has 0 aliphatic heterocycles. The van der Waals surface area contributed by atoms with Gasteiger partial charge in [-0.05, 0) is 0 Å². The third kappa shape index (κ3) is 8.77. The number of rotatable bonds is 4. The van der Waals surface area contributed by atoms with Gasteiger partial charge in [0.2, 0.25) is 0 Å². The fraction of sp³-hybridized carbons (Fsp3) is 0. The first-order chi connectivity index (χ1) is 4.16. The van der Waals surface area contributed by atoms with Gasteiger partial charge >= 0.3 is 88.5 Å². The van der Waals surface area contributed by atoms with Crippen molar-refractivity contribution in [3.8, 4) is 0 Å². The molecule has 0 amide bonds. The molecule has 0 atom stereocenters. The third-order valence-electron chi connectivity index (χ3n) is 0.311. The van der Waals surface area contributed by atoms with Gasteiger partial charge in [-0.15, -0.1) is 0 Å². The summed E-state index contributed by atoms with van der Waals surface area (Å²) in [7, 11) is -6.52. The van der Waals surface area contributed by atoms with Gasteiger partial charge in [-0.3, -0.25) is 0 Å². The summed E-state index contributed by atoms with van der Waals surface area (Å²) in [6, 6.07) is 0. The van der Waals surface area contributed by atoms with E-state index in [4.69, 9.17) is 0 Å². The quantitative estimate of drug-likeness (QED) is 0.421. The number of hydrogen-bond acceptors (Lipinski definition) is 6. The molecular formula is AlNaO6Si2. The van der Waals surface area contributed by atoms with E-state index in [1.807, 2.05) is 0 Å². The zero-order valence-corrected chi connectivity index (χ0v) is 10.2. The predicted molar refractivity (Wildman–Crippen MR) is 21.5 cm³/mol. The van der Waals surface area contributed by atoms with Crippen LogP contribution in [0.25, 0.3) is 0 Å². The Morgan fingerprint density at radius 3 is 2.20 bits per heavy atom. The second kappa shape index (κ2) is 7.87. The zero-order chi connectivity index (χ0) is 7.28. The van der Waals surface area contributed by atoms with E-state index in [-0.39, 0.29) is 29.6 Å². The monoisotopic (exact) mass is 202 g/mol. The fourth-order valence-corrected chi connectivity index (χ4v) is 1.62. The van der Waals surface area contributed by atoms with E-state index >= 15 is 0 Å². The van der Waals surface area contributed by atoms with Crippen LogP contribution in [0.5, 0.6) is 0 Å². The first-order valence-corrected chi connectivity index (χ1v) is 5.09. The molecule has 0 heterocycles. The normalized spacial score (nSPS) is 6.40. The van der Waals surface area contributed by atoms with Crippen LogP contribution in [-0.4, -0.2) is 33.8 Å². The van der Waals surface area contributed by atoms with Gasteiger partial charge in [0.15, 0.2) is 0 Å². The first kappa shape index (κ1) is 13.4. The Morgan fingerprint density at radius 2 is 1.90 bits per heavy atom. The van der Waals surface area contributed by atoms with E-state index in [9.17, 15) is 17.5 Å². The van der Waals surface area contributed by atoms with Crippen molar-refractivity contribution in [1.29, 1.82) is 0 Å². The number of hydrogen-bond donors (Lipinski definition) is 0. The average Bonchev–Trinajstić information content (AvgIpc) is 1.63. The molecule has 0 aromatic rings. The molecule has 0 aromatic heterocycles. The SMILES string of the molecule is [Na+].[O]=[Al][O][Si](=O)O[Si](=O)[O-]. The Bertz CT molecular complexity index is 145. The Hall–Kier alpha value is 0.766. The van der Waals surface area contributed by atoms with Crippen LogP contribution in [-0.2, 0) is 20.3 Å². The van der Waals surface area contributed by atoms with Crippen molar-refractivity contribution in [2.45, 2.75) is 0 Å². The third-order valence-corrected chi connectivity index (χ3v) is 2.80. The molecule has 0 spiro atoms. The van der Waals surface area contributed by atoms with Crippen molar-refractivity contribution >= 4 is 33.8 Å². The van der Waals surface area contributed by atoms with E-state index in [1.165, 1.54) is 0 Å². The van der Waals surface area contributed by atoms with E-state index in [2.05, 4.69) is 7.59 Å². The van der Waals surface area contributed by atoms with Crippen LogP contribution in [0.1, 0.15) is 0 Å². The first-order valence-electron chi connectivity index (χ1n) is 1.70. The summed E-state index contributed by atoms with van der Waals surface area (Å²) in [5.41, 5.74) is 0. The van der Waals surface area contributed by atoms with Crippen LogP contribution in [0.15, 0.2) is 0 Å². The van der Waals surface area contributed by atoms with Crippen LogP contribution < -0.4 is 34.4 Å². The molecular weight excluding hydrogens is 202 g/mol. The van der Waals surface area contributed by atoms with Crippen molar-refractivity contribution in [3.63, 3.8) is 0 Å². The van der Waals surface area contributed by atoms with Gasteiger partial charge in [0.05, 0.1) is 0 Å². The minimum atomic E-state index is -3.47. The predicted octanol–water partition coefficient (Wildman–Crippen LogP) is -5.82. The Morgan fingerprint density at radius 1 is 1.40 bits per heavy atom. The van der Waals surface area contributed by atoms with Gasteiger partial charge in [0.25, 0.3) is 0 Å². The minimum absolute atomic E-state index is 0. The Labute approximate surface area is 87.9 Å². The van der Waals surface area contributed by atoms with E-state index in [0.29, 0.717) is 0 Å². The summed E-state index contributed by atoms with van der Waals surface area (Å²) in [6.07, 6.45) is 0. The van der Waals surface area contributed by atoms with Crippen molar-refractivity contribution in [2.75, 3.05) is 0 Å². The molecule has 48 valence electrons. The van der Waals surface area contributed by atoms with Gasteiger partial charge in [-0.25, -0.2) is 0 Å². The van der Waals surface area contributed by atoms with E-state index in [0.717, 1.165) is 0 Å². The molecule has 0 bridgehead atoms. The van der Waals surface area contributed by atoms with Gasteiger partial charge in [0, 0.05) is 0 Å². The van der Waals surface area contributed by atoms with Crippen molar-refractivity contribution in [3.05, 3.63) is 0 Å². The fourth-order valence-electron chi connectivity index (χ4n) is 0.131. The van der Waals surface area contributed by atoms with Crippen LogP contribution in [0, 0.1) is 0 Å². The van der Waals surface area contributed by atoms with Gasteiger partial charge in [-0.2, -0.15) is 0 Å². The maximum atomic E-state index is 10.0. The summed E-state index contributed by atoms with van der Waals surface area (Å²) in [5.74, 6) is 0. The molecule has 0 aliphatic rings. The molecule has 10 heavy (non-hydrogen) atoms. The van der Waals surface area contributed by atoms with Gasteiger partial charge in [0.1, 0.15) is 0 Å². The van der Waals surface area contributed by atoms with Crippen molar-refractivity contribution < 1.29 is 54.7 Å². The molecule has 0 fully saturated rings. The molecule has 10 heteroatoms. The van der Waals surface area contributed by atoms with Crippen molar-refractivity contribution in [1.82, 2.24) is 0 Å². The van der Waals surface area contributed by atoms with Crippen molar-refractivity contribution in [2.24, 2.45) is 0 Å². The van der Waals surface area contributed by atoms with Gasteiger partial charge < -0.3 is 0 Å². The zero-order valence-electron chi connectivity index (χ0n) is 5.03. The summed E-state index contributed by atoms with van der Waals surface area (Å²) in [6.45, 7) is 0. The molecule has 0 saturated carbocycles. The molecule has 0 aliphatic carbocycles. The Balaban J connectivity index is 0. The molecule has 0 aromatic carbocycles. The molecule has 0 rings (SSSR count). The Kier molecular flexibility index (Phi) is 10.5. The topological polar surface area (TPSA) is 92.7 Å². The summed E-state index contributed by atoms with van der Waals surface area (Å²) in [5, 5.41) is 0. The molecule has 0 saturated heterocycles. The van der Waals surface area contributed by atoms with Crippen LogP contribution >= 0.6 is 0 Å². The van der Waals surface area contributed by atoms with Crippen LogP contribution in [0.3, 0.4) is 0 Å². The average molecular weight is 202 g/mol. The summed E-state index contributed by atoms with van der Waals surface area (Å²) >= 11 is -1.67. The second-order valence-corrected chi connectivity index (χ2v) is 3.77. The van der Waals surface area contributed by atoms with Crippen LogP contribution in [0.2, 0.25) is 0 Å². The van der Waals surface area contributed by atoms with E-state index < -0.39 is 33.8 Å². The van der Waals surface area contributed by atoms with Gasteiger partial charge in [-0.1, -0.05) is 0 Å². The summed E-state index contributed by atoms with van der Waals surface area (Å²) in [4.78, 5) is 9.59. The molecule has 0 unspecified atom stereocenters. The van der Waals surface area contributed by atoms with E-state index in [1.54, 1.807) is 0 Å². The molecule has 0 N–H and O–H groups in total. The second-order valence-electron chi connectivity index (χ2n) is 0.816. The summed E-state index contributed by atoms with van der Waals surface area (Å²) < 4.78 is 36.6. The maximum absolute atomic E-state index is 10.0. The molecule has 0 radical (unpaired) electrons. The van der Waals surface area contributed by atoms with Crippen LogP contribution in [0.4, 0.5) is 0 Å². The standard InChI is InChI=1S/Al.Na.O5Si2.O/c;;1-6(2)5-7(3)4;/q2*+1;-2;. The molecule has 6 nitrogen and oxygen atoms in total.